The van der Waals surface area contributed by atoms with E-state index in [1.54, 1.807) is 18.0 Å². The molecule has 4 atom stereocenters. The second-order valence-corrected chi connectivity index (χ2v) is 10.6. The van der Waals surface area contributed by atoms with Gasteiger partial charge in [-0.25, -0.2) is 4.98 Å². The molecule has 0 aliphatic carbocycles. The van der Waals surface area contributed by atoms with Gasteiger partial charge in [0, 0.05) is 42.8 Å². The predicted molar refractivity (Wildman–Crippen MR) is 148 cm³/mol. The quantitative estimate of drug-likeness (QED) is 0.269. The number of carbonyl (C=O) groups excluding carboxylic acids is 1. The van der Waals surface area contributed by atoms with Crippen LogP contribution in [0, 0.1) is 5.92 Å². The molecule has 0 spiro atoms. The van der Waals surface area contributed by atoms with Crippen LogP contribution in [0.15, 0.2) is 78.0 Å². The topological polar surface area (TPSA) is 118 Å². The minimum atomic E-state index is -0.901. The molecule has 1 amide bonds. The van der Waals surface area contributed by atoms with Gasteiger partial charge in [-0.1, -0.05) is 61.5 Å². The fourth-order valence-corrected chi connectivity index (χ4v) is 5.42. The molecule has 3 N–H and O–H groups in total. The lowest BCUT2D eigenvalue weighted by Crippen LogP contribution is -2.38. The van der Waals surface area contributed by atoms with E-state index in [2.05, 4.69) is 17.2 Å². The summed E-state index contributed by atoms with van der Waals surface area (Å²) in [6, 6.07) is 21.4. The number of hydrogen-bond donors (Lipinski definition) is 3. The molecule has 39 heavy (non-hydrogen) atoms. The van der Waals surface area contributed by atoms with Crippen molar-refractivity contribution >= 4 is 23.6 Å². The first-order chi connectivity index (χ1) is 18.9. The molecule has 4 unspecified atom stereocenters. The summed E-state index contributed by atoms with van der Waals surface area (Å²) in [7, 11) is 0. The average Bonchev–Trinajstić information content (AvgIpc) is 2.96. The molecule has 2 heterocycles. The van der Waals surface area contributed by atoms with Gasteiger partial charge in [-0.05, 0) is 35.2 Å². The van der Waals surface area contributed by atoms with Gasteiger partial charge in [-0.3, -0.25) is 9.59 Å². The summed E-state index contributed by atoms with van der Waals surface area (Å²) >= 11 is 1.65. The Balaban J connectivity index is 1.44. The number of carbonyl (C=O) groups is 2. The van der Waals surface area contributed by atoms with E-state index < -0.39 is 12.3 Å². The van der Waals surface area contributed by atoms with Gasteiger partial charge < -0.3 is 25.0 Å². The zero-order valence-corrected chi connectivity index (χ0v) is 22.7. The number of ether oxygens (including phenoxy) is 2. The Bertz CT molecular complexity index is 1210. The number of aliphatic carboxylic acids is 1. The van der Waals surface area contributed by atoms with Gasteiger partial charge in [-0.2, -0.15) is 0 Å². The van der Waals surface area contributed by atoms with Crippen LogP contribution >= 0.6 is 11.8 Å². The van der Waals surface area contributed by atoms with E-state index in [0.29, 0.717) is 13.0 Å². The number of nitrogens with one attached hydrogen (secondary N) is 1. The number of carboxylic acids is 1. The molecule has 206 valence electrons. The molecule has 4 rings (SSSR count). The third kappa shape index (κ3) is 8.37. The smallest absolute Gasteiger partial charge is 0.303 e. The molecule has 1 saturated heterocycles. The summed E-state index contributed by atoms with van der Waals surface area (Å²) in [4.78, 5) is 27.0. The number of pyridine rings is 1. The zero-order valence-electron chi connectivity index (χ0n) is 21.9. The van der Waals surface area contributed by atoms with Crippen LogP contribution in [0.4, 0.5) is 0 Å². The number of aliphatic hydroxyl groups excluding tert-OH is 1. The number of thioether (sulfide) groups is 1. The van der Waals surface area contributed by atoms with E-state index >= 15 is 0 Å². The van der Waals surface area contributed by atoms with Crippen LogP contribution < -0.4 is 5.32 Å². The maximum Gasteiger partial charge on any atom is 0.303 e. The average molecular weight is 551 g/mol. The molecular formula is C30H34N2O6S. The van der Waals surface area contributed by atoms with Crippen molar-refractivity contribution < 1.29 is 29.3 Å². The van der Waals surface area contributed by atoms with Crippen molar-refractivity contribution in [2.45, 2.75) is 62.9 Å². The summed E-state index contributed by atoms with van der Waals surface area (Å²) in [5.74, 6) is -0.276. The lowest BCUT2D eigenvalue weighted by Gasteiger charge is -2.41. The monoisotopic (exact) mass is 550 g/mol. The van der Waals surface area contributed by atoms with Crippen LogP contribution in [0.25, 0.3) is 0 Å². The summed E-state index contributed by atoms with van der Waals surface area (Å²) < 4.78 is 13.0. The molecule has 0 radical (unpaired) electrons. The summed E-state index contributed by atoms with van der Waals surface area (Å²) in [6.45, 7) is 2.48. The fraction of sp³-hybridized carbons (Fsp3) is 0.367. The molecule has 0 saturated carbocycles. The molecule has 2 aromatic carbocycles. The first kappa shape index (κ1) is 28.8. The van der Waals surface area contributed by atoms with Crippen molar-refractivity contribution in [1.29, 1.82) is 0 Å². The van der Waals surface area contributed by atoms with E-state index in [1.165, 1.54) is 0 Å². The molecule has 1 aromatic heterocycles. The van der Waals surface area contributed by atoms with Gasteiger partial charge in [0.15, 0.2) is 6.29 Å². The Kier molecular flexibility index (Phi) is 10.5. The van der Waals surface area contributed by atoms with Gasteiger partial charge in [-0.15, -0.1) is 11.8 Å². The number of benzene rings is 2. The van der Waals surface area contributed by atoms with Crippen LogP contribution in [0.5, 0.6) is 0 Å². The highest BCUT2D eigenvalue weighted by molar-refractivity contribution is 7.99. The van der Waals surface area contributed by atoms with Gasteiger partial charge in [0.1, 0.15) is 0 Å². The summed E-state index contributed by atoms with van der Waals surface area (Å²) in [6.07, 6.45) is 1.40. The summed E-state index contributed by atoms with van der Waals surface area (Å²) in [5, 5.41) is 21.9. The first-order valence-corrected chi connectivity index (χ1v) is 14.0. The van der Waals surface area contributed by atoms with Crippen molar-refractivity contribution in [3.05, 3.63) is 95.2 Å². The van der Waals surface area contributed by atoms with Gasteiger partial charge >= 0.3 is 5.97 Å². The SMILES string of the molecule is CC1C(CSc2ccccn2)OC(c2ccc(CNC(=O)CCCC(=O)O)cc2)OC1c1ccc(CO)cc1. The number of carboxylic acid groups (broad SMARTS) is 1. The molecule has 3 aromatic rings. The molecule has 9 heteroatoms. The number of amides is 1. The van der Waals surface area contributed by atoms with E-state index in [0.717, 1.165) is 33.0 Å². The van der Waals surface area contributed by atoms with Gasteiger partial charge in [0.25, 0.3) is 0 Å². The van der Waals surface area contributed by atoms with Crippen LogP contribution in [-0.2, 0) is 32.2 Å². The van der Waals surface area contributed by atoms with Crippen molar-refractivity contribution in [1.82, 2.24) is 10.3 Å². The predicted octanol–water partition coefficient (Wildman–Crippen LogP) is 5.03. The van der Waals surface area contributed by atoms with Gasteiger partial charge in [0.05, 0.1) is 23.8 Å². The van der Waals surface area contributed by atoms with Crippen molar-refractivity contribution in [3.8, 4) is 0 Å². The normalized spacial score (nSPS) is 20.9. The number of aliphatic hydroxyl groups is 1. The minimum absolute atomic E-state index is 0.00836. The highest BCUT2D eigenvalue weighted by Crippen LogP contribution is 2.42. The Morgan fingerprint density at radius 3 is 2.33 bits per heavy atom. The molecule has 1 fully saturated rings. The number of hydrogen-bond acceptors (Lipinski definition) is 7. The van der Waals surface area contributed by atoms with E-state index in [1.807, 2.05) is 66.7 Å². The number of rotatable bonds is 12. The van der Waals surface area contributed by atoms with Gasteiger partial charge in [0.2, 0.25) is 5.91 Å². The van der Waals surface area contributed by atoms with E-state index in [-0.39, 0.29) is 43.5 Å². The second-order valence-electron chi connectivity index (χ2n) is 9.57. The third-order valence-electron chi connectivity index (χ3n) is 6.69. The molecule has 8 nitrogen and oxygen atoms in total. The molecule has 1 aliphatic heterocycles. The van der Waals surface area contributed by atoms with Crippen molar-refractivity contribution in [2.75, 3.05) is 5.75 Å². The number of nitrogens with zero attached hydrogens (tertiary/aromatic N) is 1. The van der Waals surface area contributed by atoms with E-state index in [9.17, 15) is 14.7 Å². The van der Waals surface area contributed by atoms with Crippen LogP contribution in [0.3, 0.4) is 0 Å². The van der Waals surface area contributed by atoms with Crippen molar-refractivity contribution in [2.24, 2.45) is 5.92 Å². The lowest BCUT2D eigenvalue weighted by molar-refractivity contribution is -0.268. The Morgan fingerprint density at radius 2 is 1.67 bits per heavy atom. The van der Waals surface area contributed by atoms with Crippen molar-refractivity contribution in [3.63, 3.8) is 0 Å². The zero-order chi connectivity index (χ0) is 27.6. The molecular weight excluding hydrogens is 516 g/mol. The Labute approximate surface area is 232 Å². The third-order valence-corrected chi connectivity index (χ3v) is 7.73. The Morgan fingerprint density at radius 1 is 0.949 bits per heavy atom. The lowest BCUT2D eigenvalue weighted by atomic mass is 9.91. The minimum Gasteiger partial charge on any atom is -0.481 e. The first-order valence-electron chi connectivity index (χ1n) is 13.0. The Hall–Kier alpha value is -3.24. The highest BCUT2D eigenvalue weighted by Gasteiger charge is 2.38. The fourth-order valence-electron chi connectivity index (χ4n) is 4.39. The highest BCUT2D eigenvalue weighted by atomic mass is 32.2. The number of aromatic nitrogens is 1. The maximum absolute atomic E-state index is 12.0. The van der Waals surface area contributed by atoms with Crippen LogP contribution in [0.2, 0.25) is 0 Å². The molecule has 0 bridgehead atoms. The summed E-state index contributed by atoms with van der Waals surface area (Å²) in [5.41, 5.74) is 3.68. The molecule has 1 aliphatic rings. The maximum atomic E-state index is 12.0. The van der Waals surface area contributed by atoms with Crippen LogP contribution in [0.1, 0.15) is 60.8 Å². The second kappa shape index (κ2) is 14.2. The standard InChI is InChI=1S/C30H34N2O6S/c1-20-25(19-39-27-6-2-3-16-31-27)37-30(38-29(20)23-12-10-22(18-33)11-13-23)24-14-8-21(9-15-24)17-32-26(34)5-4-7-28(35)36/h2-3,6,8-16,20,25,29-30,33H,4-5,7,17-19H2,1H3,(H,32,34)(H,35,36). The van der Waals surface area contributed by atoms with Crippen LogP contribution in [-0.4, -0.2) is 38.9 Å². The van der Waals surface area contributed by atoms with E-state index in [4.69, 9.17) is 14.6 Å². The largest absolute Gasteiger partial charge is 0.481 e.